The summed E-state index contributed by atoms with van der Waals surface area (Å²) in [6, 6.07) is 9.85. The largest absolute Gasteiger partial charge is 0.237 e. The molecule has 0 saturated heterocycles. The Morgan fingerprint density at radius 2 is 1.81 bits per heavy atom. The van der Waals surface area contributed by atoms with E-state index in [1.165, 1.54) is 18.2 Å². The Kier molecular flexibility index (Phi) is 4.34. The van der Waals surface area contributed by atoms with Crippen molar-refractivity contribution in [1.29, 1.82) is 0 Å². The first kappa shape index (κ1) is 17.9. The number of rotatable bonds is 4. The van der Waals surface area contributed by atoms with Crippen molar-refractivity contribution in [1.82, 2.24) is 0 Å². The molecule has 0 spiro atoms. The maximum absolute atomic E-state index is 13.5. The minimum atomic E-state index is -3.90. The Balaban J connectivity index is 1.64. The standard InChI is InChI=1S/C20H15ClFN2O2S/c21-18-9-6-16(22)13-19(18)27(25,26)17-7-4-15(5-8-17)14-24-11-2-1-3-20(24)23-10-12-24/h1-13H,14H2/q+1. The minimum absolute atomic E-state index is 0.00731. The molecule has 4 nitrogen and oxygen atoms in total. The second-order valence-electron chi connectivity index (χ2n) is 6.30. The van der Waals surface area contributed by atoms with Crippen molar-refractivity contribution in [3.8, 4) is 0 Å². The van der Waals surface area contributed by atoms with E-state index in [1.54, 1.807) is 18.3 Å². The van der Waals surface area contributed by atoms with Gasteiger partial charge in [0.1, 0.15) is 24.8 Å². The number of benzene rings is 2. The molecule has 0 amide bonds. The van der Waals surface area contributed by atoms with Gasteiger partial charge in [-0.3, -0.25) is 0 Å². The van der Waals surface area contributed by atoms with Crippen molar-refractivity contribution in [3.63, 3.8) is 0 Å². The Morgan fingerprint density at radius 1 is 1.04 bits per heavy atom. The van der Waals surface area contributed by atoms with Crippen LogP contribution in [0.15, 0.2) is 94.1 Å². The second kappa shape index (κ2) is 6.56. The zero-order valence-electron chi connectivity index (χ0n) is 14.1. The summed E-state index contributed by atoms with van der Waals surface area (Å²) in [6.45, 7) is 0.608. The molecule has 1 atom stereocenters. The number of fused-ring (bicyclic) bond motifs is 1. The van der Waals surface area contributed by atoms with Crippen LogP contribution in [0.3, 0.4) is 0 Å². The summed E-state index contributed by atoms with van der Waals surface area (Å²) < 4.78 is 39.5. The summed E-state index contributed by atoms with van der Waals surface area (Å²) >= 11 is 5.97. The van der Waals surface area contributed by atoms with Gasteiger partial charge in [-0.25, -0.2) is 17.3 Å². The molecular weight excluding hydrogens is 387 g/mol. The molecule has 0 bridgehead atoms. The van der Waals surface area contributed by atoms with Gasteiger partial charge in [-0.05, 0) is 42.5 Å². The van der Waals surface area contributed by atoms with Gasteiger partial charge >= 0.3 is 0 Å². The topological polar surface area (TPSA) is 46.5 Å². The molecule has 0 radical (unpaired) electrons. The maximum Gasteiger partial charge on any atom is 0.237 e. The average molecular weight is 402 g/mol. The van der Waals surface area contributed by atoms with E-state index < -0.39 is 15.7 Å². The Bertz CT molecular complexity index is 1140. The van der Waals surface area contributed by atoms with Crippen LogP contribution in [0.4, 0.5) is 4.39 Å². The summed E-state index contributed by atoms with van der Waals surface area (Å²) in [4.78, 5) is 4.20. The first-order valence-corrected chi connectivity index (χ1v) is 10.1. The van der Waals surface area contributed by atoms with Gasteiger partial charge in [0.15, 0.2) is 0 Å². The average Bonchev–Trinajstić information content (AvgIpc) is 3.07. The van der Waals surface area contributed by atoms with Crippen molar-refractivity contribution >= 4 is 27.3 Å². The lowest BCUT2D eigenvalue weighted by Crippen LogP contribution is -2.40. The number of sulfone groups is 1. The highest BCUT2D eigenvalue weighted by Crippen LogP contribution is 2.30. The van der Waals surface area contributed by atoms with Crippen molar-refractivity contribution in [2.75, 3.05) is 0 Å². The molecule has 2 aliphatic heterocycles. The molecule has 0 aromatic heterocycles. The summed E-state index contributed by atoms with van der Waals surface area (Å²) in [6.07, 6.45) is 11.6. The molecule has 0 N–H and O–H groups in total. The number of hydrogen-bond donors (Lipinski definition) is 0. The highest BCUT2D eigenvalue weighted by Gasteiger charge is 2.33. The second-order valence-corrected chi connectivity index (χ2v) is 8.62. The van der Waals surface area contributed by atoms with E-state index in [1.807, 2.05) is 30.6 Å². The third-order valence-corrected chi connectivity index (χ3v) is 6.79. The van der Waals surface area contributed by atoms with Gasteiger partial charge in [0.25, 0.3) is 0 Å². The van der Waals surface area contributed by atoms with Crippen molar-refractivity contribution in [3.05, 3.63) is 95.7 Å². The molecule has 2 aromatic carbocycles. The highest BCUT2D eigenvalue weighted by atomic mass is 35.5. The van der Waals surface area contributed by atoms with Crippen molar-refractivity contribution in [2.45, 2.75) is 16.3 Å². The monoisotopic (exact) mass is 401 g/mol. The van der Waals surface area contributed by atoms with Crippen LogP contribution in [-0.2, 0) is 16.4 Å². The van der Waals surface area contributed by atoms with Crippen molar-refractivity contribution < 1.29 is 17.3 Å². The molecule has 136 valence electrons. The molecule has 0 fully saturated rings. The zero-order chi connectivity index (χ0) is 19.1. The predicted molar refractivity (Wildman–Crippen MR) is 102 cm³/mol. The lowest BCUT2D eigenvalue weighted by Gasteiger charge is -2.28. The number of hydrogen-bond acceptors (Lipinski definition) is 3. The molecule has 4 rings (SSSR count). The number of quaternary nitrogens is 1. The van der Waals surface area contributed by atoms with E-state index in [0.29, 0.717) is 11.0 Å². The number of amidine groups is 1. The first-order valence-electron chi connectivity index (χ1n) is 8.19. The lowest BCUT2D eigenvalue weighted by atomic mass is 10.1. The fourth-order valence-corrected chi connectivity index (χ4v) is 4.90. The van der Waals surface area contributed by atoms with Gasteiger partial charge in [-0.2, -0.15) is 4.99 Å². The molecule has 7 heteroatoms. The molecule has 0 aliphatic carbocycles. The van der Waals surface area contributed by atoms with E-state index in [-0.39, 0.29) is 14.8 Å². The maximum atomic E-state index is 13.5. The van der Waals surface area contributed by atoms with Gasteiger partial charge in [-0.15, -0.1) is 0 Å². The fourth-order valence-electron chi connectivity index (χ4n) is 3.14. The number of nitrogens with zero attached hydrogens (tertiary/aromatic N) is 2. The molecule has 2 heterocycles. The van der Waals surface area contributed by atoms with Crippen molar-refractivity contribution in [2.24, 2.45) is 4.99 Å². The van der Waals surface area contributed by atoms with Crippen LogP contribution in [0.2, 0.25) is 5.02 Å². The SMILES string of the molecule is O=S(=O)(c1ccc(C[N+]23C=CC=CC2=NC=C3)cc1)c1cc(F)ccc1Cl. The van der Waals surface area contributed by atoms with E-state index >= 15 is 0 Å². The van der Waals surface area contributed by atoms with E-state index in [0.717, 1.165) is 23.5 Å². The Hall–Kier alpha value is -2.54. The minimum Gasteiger partial charge on any atom is -0.218 e. The number of halogens is 2. The molecule has 2 aromatic rings. The molecular formula is C20H15ClFN2O2S+. The normalized spacial score (nSPS) is 20.6. The van der Waals surface area contributed by atoms with Crippen LogP contribution >= 0.6 is 11.6 Å². The predicted octanol–water partition coefficient (Wildman–Crippen LogP) is 4.60. The number of aliphatic imine (C=N–C) groups is 1. The van der Waals surface area contributed by atoms with Crippen LogP contribution in [0.5, 0.6) is 0 Å². The summed E-state index contributed by atoms with van der Waals surface area (Å²) in [7, 11) is -3.90. The van der Waals surface area contributed by atoms with Crippen LogP contribution < -0.4 is 0 Å². The van der Waals surface area contributed by atoms with Gasteiger partial charge in [0.05, 0.1) is 21.0 Å². The highest BCUT2D eigenvalue weighted by molar-refractivity contribution is 7.91. The van der Waals surface area contributed by atoms with Crippen LogP contribution in [0.25, 0.3) is 0 Å². The molecule has 1 unspecified atom stereocenters. The number of allylic oxidation sites excluding steroid dienone is 2. The van der Waals surface area contributed by atoms with Crippen LogP contribution in [-0.4, -0.2) is 18.7 Å². The lowest BCUT2D eigenvalue weighted by molar-refractivity contribution is -0.743. The van der Waals surface area contributed by atoms with E-state index in [9.17, 15) is 12.8 Å². The van der Waals surface area contributed by atoms with Crippen LogP contribution in [0.1, 0.15) is 5.56 Å². The molecule has 2 aliphatic rings. The van der Waals surface area contributed by atoms with E-state index in [4.69, 9.17) is 11.6 Å². The van der Waals surface area contributed by atoms with Crippen LogP contribution in [0, 0.1) is 5.82 Å². The Morgan fingerprint density at radius 3 is 2.59 bits per heavy atom. The van der Waals surface area contributed by atoms with Gasteiger partial charge < -0.3 is 0 Å². The Labute approximate surface area is 161 Å². The third kappa shape index (κ3) is 3.16. The fraction of sp³-hybridized carbons (Fsp3) is 0.0500. The molecule has 0 saturated carbocycles. The summed E-state index contributed by atoms with van der Waals surface area (Å²) in [5.41, 5.74) is 0.943. The summed E-state index contributed by atoms with van der Waals surface area (Å²) in [5.74, 6) is 0.253. The quantitative estimate of drug-likeness (QED) is 0.703. The van der Waals surface area contributed by atoms with Gasteiger partial charge in [0.2, 0.25) is 15.7 Å². The van der Waals surface area contributed by atoms with E-state index in [2.05, 4.69) is 4.99 Å². The molecule has 27 heavy (non-hydrogen) atoms. The smallest absolute Gasteiger partial charge is 0.218 e. The van der Waals surface area contributed by atoms with Gasteiger partial charge in [0, 0.05) is 11.6 Å². The first-order chi connectivity index (χ1) is 12.9. The van der Waals surface area contributed by atoms with Gasteiger partial charge in [-0.1, -0.05) is 23.7 Å². The summed E-state index contributed by atoms with van der Waals surface area (Å²) in [5, 5.41) is -0.00731. The zero-order valence-corrected chi connectivity index (χ0v) is 15.7. The third-order valence-electron chi connectivity index (χ3n) is 4.54.